The van der Waals surface area contributed by atoms with Gasteiger partial charge in [0, 0.05) is 39.1 Å². The lowest BCUT2D eigenvalue weighted by molar-refractivity contribution is -0.385. The van der Waals surface area contributed by atoms with Crippen LogP contribution in [0.5, 0.6) is 0 Å². The van der Waals surface area contributed by atoms with Crippen LogP contribution in [-0.2, 0) is 17.9 Å². The van der Waals surface area contributed by atoms with E-state index in [1.54, 1.807) is 42.5 Å². The summed E-state index contributed by atoms with van der Waals surface area (Å²) in [5.41, 5.74) is 1.77. The lowest BCUT2D eigenvalue weighted by atomic mass is 10.1. The Morgan fingerprint density at radius 3 is 2.37 bits per heavy atom. The van der Waals surface area contributed by atoms with E-state index in [2.05, 4.69) is 0 Å². The molecule has 35 heavy (non-hydrogen) atoms. The van der Waals surface area contributed by atoms with Gasteiger partial charge in [0.15, 0.2) is 0 Å². The average Bonchev–Trinajstić information content (AvgIpc) is 3.30. The van der Waals surface area contributed by atoms with Crippen LogP contribution in [0.2, 0.25) is 15.1 Å². The highest BCUT2D eigenvalue weighted by molar-refractivity contribution is 6.35. The molecule has 0 spiro atoms. The minimum absolute atomic E-state index is 0.0870. The van der Waals surface area contributed by atoms with Gasteiger partial charge in [-0.05, 0) is 35.4 Å². The summed E-state index contributed by atoms with van der Waals surface area (Å²) < 4.78 is 6.27. The third-order valence-corrected chi connectivity index (χ3v) is 6.89. The molecule has 0 aromatic heterocycles. The molecule has 0 bridgehead atoms. The first kappa shape index (κ1) is 25.6. The van der Waals surface area contributed by atoms with Gasteiger partial charge in [0.25, 0.3) is 5.69 Å². The molecule has 0 fully saturated rings. The number of nitro groups is 1. The zero-order chi connectivity index (χ0) is 24.9. The molecule has 2 unspecified atom stereocenters. The maximum Gasteiger partial charge on any atom is 0.274 e. The van der Waals surface area contributed by atoms with Crippen molar-refractivity contribution in [2.45, 2.75) is 24.8 Å². The largest absolute Gasteiger partial charge is 0.365 e. The standard InChI is InChI=1S/C25H21Cl4N3O3/c26-20-8-5-17(6-9-20)24(35-15-19-7-10-21(27)13-22(19)28)25(29)31-12-11-30(16-31)14-18-3-1-2-4-23(18)32(33)34/h1-13,24-25H,14-16H2. The highest BCUT2D eigenvalue weighted by Gasteiger charge is 2.30. The molecule has 2 atom stereocenters. The molecule has 3 aromatic rings. The third kappa shape index (κ3) is 6.40. The molecule has 1 aliphatic heterocycles. The topological polar surface area (TPSA) is 58.9 Å². The summed E-state index contributed by atoms with van der Waals surface area (Å²) in [6.07, 6.45) is 3.20. The van der Waals surface area contributed by atoms with Gasteiger partial charge in [0.05, 0.1) is 24.7 Å². The number of ether oxygens (including phenoxy) is 1. The maximum absolute atomic E-state index is 11.4. The average molecular weight is 553 g/mol. The number of halogens is 4. The molecule has 10 heteroatoms. The number of nitro benzene ring substituents is 1. The van der Waals surface area contributed by atoms with Crippen LogP contribution >= 0.6 is 46.4 Å². The van der Waals surface area contributed by atoms with Gasteiger partial charge in [-0.3, -0.25) is 10.1 Å². The lowest BCUT2D eigenvalue weighted by Crippen LogP contribution is -2.35. The van der Waals surface area contributed by atoms with E-state index in [-0.39, 0.29) is 17.2 Å². The van der Waals surface area contributed by atoms with E-state index in [0.29, 0.717) is 33.8 Å². The second-order valence-electron chi connectivity index (χ2n) is 7.98. The van der Waals surface area contributed by atoms with Crippen LogP contribution in [0, 0.1) is 10.1 Å². The van der Waals surface area contributed by atoms with Crippen LogP contribution in [0.15, 0.2) is 79.1 Å². The molecule has 6 nitrogen and oxygen atoms in total. The molecular formula is C25H21Cl4N3O3. The minimum Gasteiger partial charge on any atom is -0.365 e. The fraction of sp³-hybridized carbons (Fsp3) is 0.200. The number of hydrogen-bond acceptors (Lipinski definition) is 5. The minimum atomic E-state index is -0.575. The van der Waals surface area contributed by atoms with Gasteiger partial charge in [-0.2, -0.15) is 0 Å². The van der Waals surface area contributed by atoms with Crippen LogP contribution in [0.1, 0.15) is 22.8 Å². The Hall–Kier alpha value is -2.48. The van der Waals surface area contributed by atoms with Gasteiger partial charge < -0.3 is 14.5 Å². The maximum atomic E-state index is 11.4. The molecule has 0 N–H and O–H groups in total. The van der Waals surface area contributed by atoms with E-state index in [4.69, 9.17) is 51.1 Å². The highest BCUT2D eigenvalue weighted by atomic mass is 35.5. The van der Waals surface area contributed by atoms with E-state index >= 15 is 0 Å². The van der Waals surface area contributed by atoms with Crippen LogP contribution < -0.4 is 0 Å². The number of para-hydroxylation sites is 1. The predicted molar refractivity (Wildman–Crippen MR) is 140 cm³/mol. The zero-order valence-corrected chi connectivity index (χ0v) is 21.4. The molecule has 0 amide bonds. The Kier molecular flexibility index (Phi) is 8.42. The van der Waals surface area contributed by atoms with Gasteiger partial charge >= 0.3 is 0 Å². The second-order valence-corrected chi connectivity index (χ2v) is 9.71. The van der Waals surface area contributed by atoms with Crippen molar-refractivity contribution in [3.8, 4) is 0 Å². The molecule has 0 radical (unpaired) electrons. The smallest absolute Gasteiger partial charge is 0.274 e. The normalized spacial score (nSPS) is 14.9. The van der Waals surface area contributed by atoms with Gasteiger partial charge in [0.2, 0.25) is 0 Å². The molecule has 1 aliphatic rings. The Bertz CT molecular complexity index is 1220. The Labute approximate surface area is 223 Å². The second kappa shape index (κ2) is 11.5. The van der Waals surface area contributed by atoms with E-state index in [1.807, 2.05) is 40.4 Å². The number of benzene rings is 3. The van der Waals surface area contributed by atoms with Crippen molar-refractivity contribution in [2.24, 2.45) is 0 Å². The van der Waals surface area contributed by atoms with Crippen LogP contribution in [-0.4, -0.2) is 26.9 Å². The van der Waals surface area contributed by atoms with E-state index in [1.165, 1.54) is 6.07 Å². The monoisotopic (exact) mass is 551 g/mol. The summed E-state index contributed by atoms with van der Waals surface area (Å²) in [6.45, 7) is 1.04. The summed E-state index contributed by atoms with van der Waals surface area (Å²) in [4.78, 5) is 14.9. The quantitative estimate of drug-likeness (QED) is 0.118. The zero-order valence-electron chi connectivity index (χ0n) is 18.4. The Morgan fingerprint density at radius 1 is 0.943 bits per heavy atom. The van der Waals surface area contributed by atoms with Gasteiger partial charge in [-0.1, -0.05) is 82.8 Å². The number of nitrogens with zero attached hydrogens (tertiary/aromatic N) is 3. The molecule has 0 aliphatic carbocycles. The van der Waals surface area contributed by atoms with Gasteiger partial charge in [-0.15, -0.1) is 0 Å². The molecule has 4 rings (SSSR count). The van der Waals surface area contributed by atoms with E-state index in [9.17, 15) is 10.1 Å². The molecule has 1 heterocycles. The summed E-state index contributed by atoms with van der Waals surface area (Å²) in [5, 5.41) is 13.0. The molecule has 0 saturated carbocycles. The first-order valence-electron chi connectivity index (χ1n) is 10.7. The summed E-state index contributed by atoms with van der Waals surface area (Å²) in [6, 6.07) is 19.3. The van der Waals surface area contributed by atoms with Crippen molar-refractivity contribution >= 4 is 52.1 Å². The number of hydrogen-bond donors (Lipinski definition) is 0. The van der Waals surface area contributed by atoms with Crippen molar-refractivity contribution in [1.82, 2.24) is 9.80 Å². The molecule has 182 valence electrons. The first-order chi connectivity index (χ1) is 16.8. The fourth-order valence-electron chi connectivity index (χ4n) is 3.77. The SMILES string of the molecule is O=[N+]([O-])c1ccccc1CN1C=CN(C(Cl)C(OCc2ccc(Cl)cc2Cl)c2ccc(Cl)cc2)C1. The van der Waals surface area contributed by atoms with E-state index < -0.39 is 11.6 Å². The number of rotatable bonds is 9. The van der Waals surface area contributed by atoms with Crippen LogP contribution in [0.25, 0.3) is 0 Å². The van der Waals surface area contributed by atoms with Crippen molar-refractivity contribution < 1.29 is 9.66 Å². The van der Waals surface area contributed by atoms with Crippen LogP contribution in [0.3, 0.4) is 0 Å². The van der Waals surface area contributed by atoms with Gasteiger partial charge in [-0.25, -0.2) is 0 Å². The predicted octanol–water partition coefficient (Wildman–Crippen LogP) is 7.62. The Balaban J connectivity index is 1.49. The van der Waals surface area contributed by atoms with Crippen molar-refractivity contribution in [1.29, 1.82) is 0 Å². The van der Waals surface area contributed by atoms with Crippen molar-refractivity contribution in [3.05, 3.63) is 121 Å². The van der Waals surface area contributed by atoms with Crippen molar-refractivity contribution in [3.63, 3.8) is 0 Å². The summed E-state index contributed by atoms with van der Waals surface area (Å²) in [5.74, 6) is 0. The molecular weight excluding hydrogens is 532 g/mol. The first-order valence-corrected chi connectivity index (χ1v) is 12.2. The van der Waals surface area contributed by atoms with Crippen molar-refractivity contribution in [2.75, 3.05) is 6.67 Å². The van der Waals surface area contributed by atoms with Crippen LogP contribution in [0.4, 0.5) is 5.69 Å². The van der Waals surface area contributed by atoms with Gasteiger partial charge in [0.1, 0.15) is 11.6 Å². The summed E-state index contributed by atoms with van der Waals surface area (Å²) >= 11 is 25.4. The Morgan fingerprint density at radius 2 is 1.66 bits per heavy atom. The van der Waals surface area contributed by atoms with E-state index in [0.717, 1.165) is 11.1 Å². The number of alkyl halides is 1. The lowest BCUT2D eigenvalue weighted by Gasteiger charge is -2.31. The third-order valence-electron chi connectivity index (χ3n) is 5.57. The molecule has 0 saturated heterocycles. The fourth-order valence-corrected chi connectivity index (χ4v) is 4.70. The highest BCUT2D eigenvalue weighted by Crippen LogP contribution is 2.33. The molecule has 3 aromatic carbocycles. The summed E-state index contributed by atoms with van der Waals surface area (Å²) in [7, 11) is 0.